The molecule has 5 heteroatoms. The highest BCUT2D eigenvalue weighted by Crippen LogP contribution is 2.12. The summed E-state index contributed by atoms with van der Waals surface area (Å²) < 4.78 is 10.4. The molecular formula is C12H21N3O2. The van der Waals surface area contributed by atoms with E-state index in [0.717, 1.165) is 18.8 Å². The van der Waals surface area contributed by atoms with Crippen LogP contribution in [0.1, 0.15) is 19.5 Å². The normalized spacial score (nSPS) is 12.2. The summed E-state index contributed by atoms with van der Waals surface area (Å²) in [5.74, 6) is 1.64. The third-order valence-corrected chi connectivity index (χ3v) is 2.18. The van der Waals surface area contributed by atoms with Crippen LogP contribution in [0.4, 0.5) is 5.95 Å². The molecule has 0 saturated heterocycles. The Morgan fingerprint density at radius 2 is 2.18 bits per heavy atom. The monoisotopic (exact) mass is 239 g/mol. The largest absolute Gasteiger partial charge is 0.478 e. The summed E-state index contributed by atoms with van der Waals surface area (Å²) in [6.45, 7) is 8.07. The zero-order valence-corrected chi connectivity index (χ0v) is 11.0. The number of anilines is 1. The highest BCUT2D eigenvalue weighted by atomic mass is 16.5. The van der Waals surface area contributed by atoms with Crippen LogP contribution in [0.3, 0.4) is 0 Å². The summed E-state index contributed by atoms with van der Waals surface area (Å²) in [4.78, 5) is 8.58. The Labute approximate surface area is 103 Å². The van der Waals surface area contributed by atoms with Crippen LogP contribution in [0.5, 0.6) is 5.88 Å². The average molecular weight is 239 g/mol. The highest BCUT2D eigenvalue weighted by Gasteiger charge is 2.05. The molecule has 0 fully saturated rings. The molecule has 1 aromatic heterocycles. The lowest BCUT2D eigenvalue weighted by atomic mass is 10.2. The first-order valence-electron chi connectivity index (χ1n) is 5.87. The van der Waals surface area contributed by atoms with Gasteiger partial charge in [-0.2, -0.15) is 4.98 Å². The Hall–Kier alpha value is -1.36. The fraction of sp³-hybridized carbons (Fsp3) is 0.667. The molecule has 0 amide bonds. The lowest BCUT2D eigenvalue weighted by Gasteiger charge is -2.12. The first-order chi connectivity index (χ1) is 8.15. The molecule has 1 heterocycles. The van der Waals surface area contributed by atoms with Gasteiger partial charge in [0.25, 0.3) is 0 Å². The van der Waals surface area contributed by atoms with Crippen molar-refractivity contribution in [3.63, 3.8) is 0 Å². The number of rotatable bonds is 7. The quantitative estimate of drug-likeness (QED) is 0.787. The van der Waals surface area contributed by atoms with Crippen LogP contribution in [0, 0.1) is 12.8 Å². The SMILES string of the molecule is CCOc1cc(C)nc(NCC(C)COC)n1. The van der Waals surface area contributed by atoms with Gasteiger partial charge in [0.2, 0.25) is 11.8 Å². The molecule has 0 aliphatic carbocycles. The zero-order valence-electron chi connectivity index (χ0n) is 11.0. The molecule has 5 nitrogen and oxygen atoms in total. The van der Waals surface area contributed by atoms with E-state index in [-0.39, 0.29) is 0 Å². The smallest absolute Gasteiger partial charge is 0.226 e. The van der Waals surface area contributed by atoms with Gasteiger partial charge in [0.1, 0.15) is 0 Å². The van der Waals surface area contributed by atoms with E-state index >= 15 is 0 Å². The molecule has 0 radical (unpaired) electrons. The summed E-state index contributed by atoms with van der Waals surface area (Å²) in [5.41, 5.74) is 0.894. The molecule has 1 unspecified atom stereocenters. The first kappa shape index (κ1) is 13.7. The molecule has 0 saturated carbocycles. The summed E-state index contributed by atoms with van der Waals surface area (Å²) in [6.07, 6.45) is 0. The number of ether oxygens (including phenoxy) is 2. The minimum absolute atomic E-state index is 0.416. The third-order valence-electron chi connectivity index (χ3n) is 2.18. The van der Waals surface area contributed by atoms with E-state index in [1.165, 1.54) is 0 Å². The average Bonchev–Trinajstić information content (AvgIpc) is 2.26. The van der Waals surface area contributed by atoms with Crippen molar-refractivity contribution in [1.82, 2.24) is 9.97 Å². The molecule has 17 heavy (non-hydrogen) atoms. The molecule has 0 bridgehead atoms. The molecule has 1 rings (SSSR count). The first-order valence-corrected chi connectivity index (χ1v) is 5.87. The van der Waals surface area contributed by atoms with E-state index in [4.69, 9.17) is 9.47 Å². The minimum atomic E-state index is 0.416. The van der Waals surface area contributed by atoms with Gasteiger partial charge >= 0.3 is 0 Å². The fourth-order valence-corrected chi connectivity index (χ4v) is 1.45. The number of hydrogen-bond acceptors (Lipinski definition) is 5. The Morgan fingerprint density at radius 1 is 1.41 bits per heavy atom. The van der Waals surface area contributed by atoms with Crippen molar-refractivity contribution in [2.45, 2.75) is 20.8 Å². The van der Waals surface area contributed by atoms with Crippen LogP contribution in [0.15, 0.2) is 6.07 Å². The van der Waals surface area contributed by atoms with Gasteiger partial charge in [0.15, 0.2) is 0 Å². The van der Waals surface area contributed by atoms with Gasteiger partial charge in [-0.15, -0.1) is 0 Å². The molecule has 1 N–H and O–H groups in total. The topological polar surface area (TPSA) is 56.3 Å². The molecule has 0 aromatic carbocycles. The van der Waals surface area contributed by atoms with E-state index in [2.05, 4.69) is 22.2 Å². The lowest BCUT2D eigenvalue weighted by molar-refractivity contribution is 0.164. The molecule has 0 spiro atoms. The van der Waals surface area contributed by atoms with Crippen molar-refractivity contribution in [2.75, 3.05) is 32.2 Å². The van der Waals surface area contributed by atoms with Crippen molar-refractivity contribution < 1.29 is 9.47 Å². The number of nitrogens with zero attached hydrogens (tertiary/aromatic N) is 2. The lowest BCUT2D eigenvalue weighted by Crippen LogP contribution is -2.17. The zero-order chi connectivity index (χ0) is 12.7. The van der Waals surface area contributed by atoms with Gasteiger partial charge in [0.05, 0.1) is 13.2 Å². The maximum absolute atomic E-state index is 5.37. The van der Waals surface area contributed by atoms with Gasteiger partial charge < -0.3 is 14.8 Å². The maximum atomic E-state index is 5.37. The van der Waals surface area contributed by atoms with Crippen LogP contribution in [-0.2, 0) is 4.74 Å². The summed E-state index contributed by atoms with van der Waals surface area (Å²) in [6, 6.07) is 1.83. The second kappa shape index (κ2) is 7.06. The van der Waals surface area contributed by atoms with Gasteiger partial charge in [-0.05, 0) is 19.8 Å². The van der Waals surface area contributed by atoms with E-state index in [0.29, 0.717) is 24.4 Å². The maximum Gasteiger partial charge on any atom is 0.226 e. The predicted octanol–water partition coefficient (Wildman–Crippen LogP) is 1.88. The van der Waals surface area contributed by atoms with E-state index in [1.54, 1.807) is 7.11 Å². The minimum Gasteiger partial charge on any atom is -0.478 e. The van der Waals surface area contributed by atoms with E-state index in [1.807, 2.05) is 19.9 Å². The van der Waals surface area contributed by atoms with Crippen LogP contribution in [0.25, 0.3) is 0 Å². The third kappa shape index (κ3) is 4.99. The number of nitrogens with one attached hydrogen (secondary N) is 1. The van der Waals surface area contributed by atoms with Crippen LogP contribution < -0.4 is 10.1 Å². The van der Waals surface area contributed by atoms with Gasteiger partial charge in [-0.3, -0.25) is 0 Å². The van der Waals surface area contributed by atoms with Gasteiger partial charge in [0, 0.05) is 25.4 Å². The number of hydrogen-bond donors (Lipinski definition) is 1. The Balaban J connectivity index is 2.57. The van der Waals surface area contributed by atoms with Crippen LogP contribution in [-0.4, -0.2) is 36.8 Å². The number of methoxy groups -OCH3 is 1. The second-order valence-corrected chi connectivity index (χ2v) is 4.05. The molecule has 96 valence electrons. The molecule has 0 aliphatic rings. The van der Waals surface area contributed by atoms with Crippen LogP contribution >= 0.6 is 0 Å². The molecule has 1 atom stereocenters. The highest BCUT2D eigenvalue weighted by molar-refractivity contribution is 5.30. The Morgan fingerprint density at radius 3 is 2.82 bits per heavy atom. The Bertz CT molecular complexity index is 345. The standard InChI is InChI=1S/C12H21N3O2/c1-5-17-11-6-10(3)14-12(15-11)13-7-9(2)8-16-4/h6,9H,5,7-8H2,1-4H3,(H,13,14,15). The molecule has 1 aromatic rings. The summed E-state index contributed by atoms with van der Waals surface area (Å²) >= 11 is 0. The van der Waals surface area contributed by atoms with Crippen molar-refractivity contribution in [1.29, 1.82) is 0 Å². The van der Waals surface area contributed by atoms with Crippen molar-refractivity contribution in [2.24, 2.45) is 5.92 Å². The number of aryl methyl sites for hydroxylation is 1. The molecular weight excluding hydrogens is 218 g/mol. The summed E-state index contributed by atoms with van der Waals surface area (Å²) in [7, 11) is 1.70. The number of aromatic nitrogens is 2. The van der Waals surface area contributed by atoms with Gasteiger partial charge in [-0.1, -0.05) is 6.92 Å². The van der Waals surface area contributed by atoms with E-state index in [9.17, 15) is 0 Å². The molecule has 0 aliphatic heterocycles. The second-order valence-electron chi connectivity index (χ2n) is 4.05. The predicted molar refractivity (Wildman–Crippen MR) is 67.5 cm³/mol. The fourth-order valence-electron chi connectivity index (χ4n) is 1.45. The summed E-state index contributed by atoms with van der Waals surface area (Å²) in [5, 5.41) is 3.19. The van der Waals surface area contributed by atoms with Crippen LogP contribution in [0.2, 0.25) is 0 Å². The van der Waals surface area contributed by atoms with Crippen molar-refractivity contribution in [3.05, 3.63) is 11.8 Å². The van der Waals surface area contributed by atoms with Crippen molar-refractivity contribution in [3.8, 4) is 5.88 Å². The van der Waals surface area contributed by atoms with Crippen molar-refractivity contribution >= 4 is 5.95 Å². The van der Waals surface area contributed by atoms with E-state index < -0.39 is 0 Å². The van der Waals surface area contributed by atoms with Gasteiger partial charge in [-0.25, -0.2) is 4.98 Å². The Kier molecular flexibility index (Phi) is 5.69.